The first-order chi connectivity index (χ1) is 11.1. The van der Waals surface area contributed by atoms with E-state index in [-0.39, 0.29) is 6.61 Å². The Kier molecular flexibility index (Phi) is 5.90. The monoisotopic (exact) mass is 322 g/mol. The maximum atomic E-state index is 10.5. The summed E-state index contributed by atoms with van der Waals surface area (Å²) in [6.45, 7) is 0.103. The van der Waals surface area contributed by atoms with Crippen molar-refractivity contribution in [1.29, 1.82) is 0 Å². The fraction of sp³-hybridized carbons (Fsp3) is 0.412. The quantitative estimate of drug-likeness (QED) is 0.776. The number of ether oxygens (including phenoxy) is 3. The average molecular weight is 322 g/mol. The summed E-state index contributed by atoms with van der Waals surface area (Å²) in [6.07, 6.45) is 0.290. The molecule has 1 unspecified atom stereocenters. The first-order valence-electron chi connectivity index (χ1n) is 7.32. The molecule has 1 aromatic heterocycles. The van der Waals surface area contributed by atoms with Gasteiger partial charge in [0.05, 0.1) is 21.3 Å². The summed E-state index contributed by atoms with van der Waals surface area (Å²) in [7, 11) is 4.57. The van der Waals surface area contributed by atoms with E-state index >= 15 is 0 Å². The highest BCUT2D eigenvalue weighted by atomic mass is 16.5. The number of rotatable bonds is 8. The number of furan rings is 1. The lowest BCUT2D eigenvalue weighted by molar-refractivity contribution is 0.185. The van der Waals surface area contributed by atoms with Crippen molar-refractivity contribution in [2.75, 3.05) is 27.9 Å². The highest BCUT2D eigenvalue weighted by molar-refractivity contribution is 5.54. The van der Waals surface area contributed by atoms with Crippen LogP contribution in [0.4, 0.5) is 0 Å². The van der Waals surface area contributed by atoms with Gasteiger partial charge in [0.15, 0.2) is 11.5 Å². The number of hydrogen-bond donors (Lipinski definition) is 2. The Bertz CT molecular complexity index is 609. The first kappa shape index (κ1) is 17.2. The molecule has 0 spiro atoms. The zero-order valence-corrected chi connectivity index (χ0v) is 13.5. The van der Waals surface area contributed by atoms with Crippen LogP contribution in [0, 0.1) is 0 Å². The van der Waals surface area contributed by atoms with Crippen LogP contribution in [0.25, 0.3) is 0 Å². The maximum Gasteiger partial charge on any atom is 0.203 e. The zero-order chi connectivity index (χ0) is 16.8. The van der Waals surface area contributed by atoms with Gasteiger partial charge in [-0.05, 0) is 36.2 Å². The molecule has 1 aromatic carbocycles. The van der Waals surface area contributed by atoms with E-state index in [0.717, 1.165) is 5.76 Å². The van der Waals surface area contributed by atoms with E-state index in [9.17, 15) is 5.11 Å². The summed E-state index contributed by atoms with van der Waals surface area (Å²) < 4.78 is 21.5. The first-order valence-corrected chi connectivity index (χ1v) is 7.32. The van der Waals surface area contributed by atoms with Crippen LogP contribution in [0.5, 0.6) is 17.2 Å². The Morgan fingerprint density at radius 1 is 1.04 bits per heavy atom. The Morgan fingerprint density at radius 2 is 1.70 bits per heavy atom. The molecule has 0 aliphatic rings. The molecule has 0 saturated heterocycles. The largest absolute Gasteiger partial charge is 0.493 e. The van der Waals surface area contributed by atoms with E-state index in [1.165, 1.54) is 21.3 Å². The lowest BCUT2D eigenvalue weighted by Gasteiger charge is -2.16. The molecule has 0 aliphatic carbocycles. The lowest BCUT2D eigenvalue weighted by atomic mass is 10.1. The van der Waals surface area contributed by atoms with Gasteiger partial charge in [-0.1, -0.05) is 0 Å². The van der Waals surface area contributed by atoms with Gasteiger partial charge in [0.1, 0.15) is 17.6 Å². The molecule has 2 rings (SSSR count). The third-order valence-electron chi connectivity index (χ3n) is 3.54. The molecule has 0 aliphatic heterocycles. The Balaban J connectivity index is 2.31. The molecule has 23 heavy (non-hydrogen) atoms. The SMILES string of the molecule is COc1cc(C(O)c2ccc(CCCO)o2)cc(OC)c1OC. The van der Waals surface area contributed by atoms with Gasteiger partial charge in [0.2, 0.25) is 5.75 Å². The van der Waals surface area contributed by atoms with E-state index in [1.54, 1.807) is 24.3 Å². The van der Waals surface area contributed by atoms with E-state index in [2.05, 4.69) is 0 Å². The molecule has 1 atom stereocenters. The van der Waals surface area contributed by atoms with Crippen LogP contribution in [0.3, 0.4) is 0 Å². The number of aliphatic hydroxyl groups excluding tert-OH is 2. The van der Waals surface area contributed by atoms with Crippen LogP contribution in [0.2, 0.25) is 0 Å². The van der Waals surface area contributed by atoms with Gasteiger partial charge >= 0.3 is 0 Å². The number of methoxy groups -OCH3 is 3. The fourth-order valence-electron chi connectivity index (χ4n) is 2.35. The lowest BCUT2D eigenvalue weighted by Crippen LogP contribution is -2.02. The van der Waals surface area contributed by atoms with Crippen LogP contribution in [-0.2, 0) is 6.42 Å². The number of benzene rings is 1. The third kappa shape index (κ3) is 3.78. The van der Waals surface area contributed by atoms with E-state index < -0.39 is 6.10 Å². The molecule has 1 heterocycles. The van der Waals surface area contributed by atoms with Crippen molar-refractivity contribution in [3.8, 4) is 17.2 Å². The van der Waals surface area contributed by atoms with Crippen molar-refractivity contribution in [1.82, 2.24) is 0 Å². The molecule has 0 fully saturated rings. The van der Waals surface area contributed by atoms with Gasteiger partial charge in [-0.2, -0.15) is 0 Å². The molecule has 0 amide bonds. The minimum absolute atomic E-state index is 0.103. The Morgan fingerprint density at radius 3 is 2.22 bits per heavy atom. The van der Waals surface area contributed by atoms with Gasteiger partial charge in [0.25, 0.3) is 0 Å². The highest BCUT2D eigenvalue weighted by Crippen LogP contribution is 2.40. The van der Waals surface area contributed by atoms with Crippen LogP contribution in [0.1, 0.15) is 29.6 Å². The minimum atomic E-state index is -0.952. The summed E-state index contributed by atoms with van der Waals surface area (Å²) in [4.78, 5) is 0. The molecule has 6 nitrogen and oxygen atoms in total. The number of hydrogen-bond acceptors (Lipinski definition) is 6. The Labute approximate surface area is 135 Å². The van der Waals surface area contributed by atoms with Gasteiger partial charge in [0, 0.05) is 13.0 Å². The van der Waals surface area contributed by atoms with Crippen molar-refractivity contribution in [2.45, 2.75) is 18.9 Å². The maximum absolute atomic E-state index is 10.5. The average Bonchev–Trinajstić information content (AvgIpc) is 3.06. The summed E-state index contributed by atoms with van der Waals surface area (Å²) in [5.74, 6) is 2.54. The van der Waals surface area contributed by atoms with Gasteiger partial charge in [-0.3, -0.25) is 0 Å². The normalized spacial score (nSPS) is 12.0. The van der Waals surface area contributed by atoms with E-state index in [0.29, 0.717) is 41.4 Å². The van der Waals surface area contributed by atoms with Crippen molar-refractivity contribution >= 4 is 0 Å². The molecular formula is C17H22O6. The van der Waals surface area contributed by atoms with Crippen LogP contribution < -0.4 is 14.2 Å². The third-order valence-corrected chi connectivity index (χ3v) is 3.54. The summed E-state index contributed by atoms with van der Waals surface area (Å²) in [5, 5.41) is 19.4. The predicted octanol–water partition coefficient (Wildman–Crippen LogP) is 2.31. The molecule has 126 valence electrons. The van der Waals surface area contributed by atoms with Crippen molar-refractivity contribution in [2.24, 2.45) is 0 Å². The van der Waals surface area contributed by atoms with Gasteiger partial charge in [-0.15, -0.1) is 0 Å². The smallest absolute Gasteiger partial charge is 0.203 e. The molecule has 2 aromatic rings. The van der Waals surface area contributed by atoms with E-state index in [4.69, 9.17) is 23.7 Å². The number of aryl methyl sites for hydroxylation is 1. The number of aliphatic hydroxyl groups is 2. The van der Waals surface area contributed by atoms with Crippen molar-refractivity contribution in [3.05, 3.63) is 41.3 Å². The van der Waals surface area contributed by atoms with Crippen LogP contribution >= 0.6 is 0 Å². The molecular weight excluding hydrogens is 300 g/mol. The minimum Gasteiger partial charge on any atom is -0.493 e. The van der Waals surface area contributed by atoms with Crippen molar-refractivity contribution in [3.63, 3.8) is 0 Å². The van der Waals surface area contributed by atoms with Gasteiger partial charge < -0.3 is 28.8 Å². The molecule has 0 bridgehead atoms. The van der Waals surface area contributed by atoms with Crippen molar-refractivity contribution < 1.29 is 28.8 Å². The molecule has 6 heteroatoms. The predicted molar refractivity (Wildman–Crippen MR) is 84.3 cm³/mol. The second-order valence-corrected chi connectivity index (χ2v) is 4.99. The topological polar surface area (TPSA) is 81.3 Å². The molecule has 0 saturated carbocycles. The zero-order valence-electron chi connectivity index (χ0n) is 13.5. The fourth-order valence-corrected chi connectivity index (χ4v) is 2.35. The molecule has 2 N–H and O–H groups in total. The molecule has 0 radical (unpaired) electrons. The van der Waals surface area contributed by atoms with Gasteiger partial charge in [-0.25, -0.2) is 0 Å². The Hall–Kier alpha value is -2.18. The second kappa shape index (κ2) is 7.89. The van der Waals surface area contributed by atoms with Crippen LogP contribution in [0.15, 0.2) is 28.7 Å². The summed E-state index contributed by atoms with van der Waals surface area (Å²) >= 11 is 0. The summed E-state index contributed by atoms with van der Waals surface area (Å²) in [5.41, 5.74) is 0.572. The van der Waals surface area contributed by atoms with Crippen LogP contribution in [-0.4, -0.2) is 38.1 Å². The standard InChI is InChI=1S/C17H22O6/c1-20-14-9-11(10-15(21-2)17(14)22-3)16(19)13-7-6-12(23-13)5-4-8-18/h6-7,9-10,16,18-19H,4-5,8H2,1-3H3. The van der Waals surface area contributed by atoms with E-state index in [1.807, 2.05) is 0 Å². The second-order valence-electron chi connectivity index (χ2n) is 4.99. The highest BCUT2D eigenvalue weighted by Gasteiger charge is 2.20. The summed E-state index contributed by atoms with van der Waals surface area (Å²) in [6, 6.07) is 6.89.